The number of hydrogen-bond donors (Lipinski definition) is 0. The van der Waals surface area contributed by atoms with Crippen LogP contribution in [0.1, 0.15) is 41.5 Å². The van der Waals surface area contributed by atoms with Crippen LogP contribution in [-0.4, -0.2) is 59.7 Å². The number of nitrogens with zero attached hydrogens (tertiary/aromatic N) is 2. The average molecular weight is 566 g/mol. The predicted molar refractivity (Wildman–Crippen MR) is 123 cm³/mol. The number of carbonyl (C=O) groups excluding carboxylic acids is 2. The average Bonchev–Trinajstić information content (AvgIpc) is 2.95. The fourth-order valence-corrected chi connectivity index (χ4v) is 3.09. The molecule has 0 spiro atoms. The lowest BCUT2D eigenvalue weighted by Crippen LogP contribution is -2.30. The summed E-state index contributed by atoms with van der Waals surface area (Å²) in [4.78, 5) is 24.2. The largest absolute Gasteiger partial charge is 0.508 e. The van der Waals surface area contributed by atoms with Gasteiger partial charge >= 0.3 is 12.2 Å². The summed E-state index contributed by atoms with van der Waals surface area (Å²) < 4.78 is 42.3. The molecule has 11 heteroatoms. The molecule has 0 N–H and O–H groups in total. The van der Waals surface area contributed by atoms with E-state index >= 15 is 0 Å². The van der Waals surface area contributed by atoms with Crippen LogP contribution in [0.5, 0.6) is 5.75 Å². The molecule has 9 nitrogen and oxygen atoms in total. The van der Waals surface area contributed by atoms with Gasteiger partial charge in [-0.15, -0.1) is 0 Å². The van der Waals surface area contributed by atoms with Crippen molar-refractivity contribution in [3.8, 4) is 5.75 Å². The highest BCUT2D eigenvalue weighted by molar-refractivity contribution is 14.1. The zero-order valence-corrected chi connectivity index (χ0v) is 21.3. The zero-order valence-electron chi connectivity index (χ0n) is 19.2. The molecule has 2 rings (SSSR count). The molecule has 1 unspecified atom stereocenters. The van der Waals surface area contributed by atoms with E-state index in [1.165, 1.54) is 19.2 Å². The molecule has 0 bridgehead atoms. The maximum absolute atomic E-state index is 14.6. The topological polar surface area (TPSA) is 98.1 Å². The number of rotatable bonds is 6. The van der Waals surface area contributed by atoms with Gasteiger partial charge in [0.15, 0.2) is 11.6 Å². The second-order valence-electron chi connectivity index (χ2n) is 8.93. The maximum atomic E-state index is 14.6. The van der Waals surface area contributed by atoms with Crippen LogP contribution in [0.3, 0.4) is 0 Å². The number of carbonyl (C=O) groups is 2. The normalized spacial score (nSPS) is 13.0. The smallest absolute Gasteiger partial charge is 0.488 e. The van der Waals surface area contributed by atoms with Crippen molar-refractivity contribution in [1.29, 1.82) is 0 Å². The Kier molecular flexibility index (Phi) is 8.32. The second kappa shape index (κ2) is 10.2. The maximum Gasteiger partial charge on any atom is 0.508 e. The molecule has 0 aliphatic rings. The van der Waals surface area contributed by atoms with E-state index in [2.05, 4.69) is 5.10 Å². The van der Waals surface area contributed by atoms with Gasteiger partial charge in [-0.2, -0.15) is 9.78 Å². The number of aromatic nitrogens is 2. The van der Waals surface area contributed by atoms with E-state index in [9.17, 15) is 14.0 Å². The Morgan fingerprint density at radius 1 is 1.09 bits per heavy atom. The lowest BCUT2D eigenvalue weighted by atomic mass is 10.2. The highest BCUT2D eigenvalue weighted by atomic mass is 127. The second-order valence-corrected chi connectivity index (χ2v) is 9.95. The van der Waals surface area contributed by atoms with Gasteiger partial charge in [0.05, 0.1) is 5.52 Å². The molecule has 0 saturated carbocycles. The first-order chi connectivity index (χ1) is 14.7. The van der Waals surface area contributed by atoms with E-state index in [0.29, 0.717) is 14.6 Å². The molecule has 0 fully saturated rings. The third-order valence-corrected chi connectivity index (χ3v) is 4.59. The molecule has 0 aliphatic carbocycles. The Morgan fingerprint density at radius 3 is 2.28 bits per heavy atom. The molecule has 1 aromatic heterocycles. The first-order valence-corrected chi connectivity index (χ1v) is 10.9. The van der Waals surface area contributed by atoms with Crippen molar-refractivity contribution in [3.05, 3.63) is 21.7 Å². The van der Waals surface area contributed by atoms with Gasteiger partial charge in [0.1, 0.15) is 34.2 Å². The van der Waals surface area contributed by atoms with E-state index in [-0.39, 0.29) is 19.0 Å². The van der Waals surface area contributed by atoms with Crippen molar-refractivity contribution in [3.63, 3.8) is 0 Å². The molecule has 178 valence electrons. The monoisotopic (exact) mass is 566 g/mol. The fraction of sp³-hybridized carbons (Fsp3) is 0.571. The highest BCUT2D eigenvalue weighted by Crippen LogP contribution is 2.29. The van der Waals surface area contributed by atoms with Gasteiger partial charge < -0.3 is 23.7 Å². The molecule has 0 amide bonds. The third kappa shape index (κ3) is 7.47. The Bertz CT molecular complexity index is 979. The Balaban J connectivity index is 2.14. The summed E-state index contributed by atoms with van der Waals surface area (Å²) in [6.45, 7) is 10.1. The standard InChI is InChI=1S/C21H28FIN2O7/c1-20(2,3)31-18(26)25-15-9-16(14(22)8-13(15)17(23)24-25)29-10-12(28-7)11-30-19(27)32-21(4,5)6/h8-9,12H,10-11H2,1-7H3. The van der Waals surface area contributed by atoms with Crippen molar-refractivity contribution < 1.29 is 37.7 Å². The molecular weight excluding hydrogens is 538 g/mol. The summed E-state index contributed by atoms with van der Waals surface area (Å²) in [5.41, 5.74) is -1.08. The number of ether oxygens (including phenoxy) is 5. The van der Waals surface area contributed by atoms with Crippen molar-refractivity contribution >= 4 is 45.7 Å². The van der Waals surface area contributed by atoms with Crippen LogP contribution in [0.4, 0.5) is 14.0 Å². The Hall–Kier alpha value is -2.15. The van der Waals surface area contributed by atoms with Gasteiger partial charge in [0, 0.05) is 18.6 Å². The lowest BCUT2D eigenvalue weighted by Gasteiger charge is -2.21. The van der Waals surface area contributed by atoms with Crippen molar-refractivity contribution in [2.24, 2.45) is 0 Å². The van der Waals surface area contributed by atoms with Gasteiger partial charge in [-0.25, -0.2) is 14.0 Å². The minimum Gasteiger partial charge on any atom is -0.488 e. The van der Waals surface area contributed by atoms with Gasteiger partial charge in [0.2, 0.25) is 0 Å². The molecule has 32 heavy (non-hydrogen) atoms. The minimum atomic E-state index is -0.844. The molecule has 1 atom stereocenters. The number of benzene rings is 1. The van der Waals surface area contributed by atoms with Crippen LogP contribution < -0.4 is 4.74 Å². The summed E-state index contributed by atoms with van der Waals surface area (Å²) in [7, 11) is 1.41. The van der Waals surface area contributed by atoms with E-state index in [0.717, 1.165) is 4.68 Å². The molecule has 0 radical (unpaired) electrons. The number of halogens is 2. The first-order valence-electron chi connectivity index (χ1n) is 9.82. The number of fused-ring (bicyclic) bond motifs is 1. The van der Waals surface area contributed by atoms with E-state index < -0.39 is 35.4 Å². The minimum absolute atomic E-state index is 0.112. The van der Waals surface area contributed by atoms with Crippen LogP contribution in [0, 0.1) is 9.52 Å². The number of methoxy groups -OCH3 is 1. The van der Waals surface area contributed by atoms with Gasteiger partial charge in [-0.3, -0.25) is 0 Å². The van der Waals surface area contributed by atoms with Crippen LogP contribution in [0.2, 0.25) is 0 Å². The summed E-state index contributed by atoms with van der Waals surface area (Å²) in [6.07, 6.45) is -2.21. The van der Waals surface area contributed by atoms with Crippen molar-refractivity contribution in [2.45, 2.75) is 58.8 Å². The van der Waals surface area contributed by atoms with Gasteiger partial charge in [0.25, 0.3) is 0 Å². The highest BCUT2D eigenvalue weighted by Gasteiger charge is 2.24. The molecule has 0 aliphatic heterocycles. The SMILES string of the molecule is COC(COC(=O)OC(C)(C)C)COc1cc2c(cc1F)c(I)nn2C(=O)OC(C)(C)C. The third-order valence-electron chi connectivity index (χ3n) is 3.79. The van der Waals surface area contributed by atoms with Gasteiger partial charge in [-0.1, -0.05) is 0 Å². The van der Waals surface area contributed by atoms with Crippen molar-refractivity contribution in [1.82, 2.24) is 9.78 Å². The summed E-state index contributed by atoms with van der Waals surface area (Å²) >= 11 is 1.91. The number of hydrogen-bond acceptors (Lipinski definition) is 8. The first kappa shape index (κ1) is 26.1. The van der Waals surface area contributed by atoms with E-state index in [1.807, 2.05) is 22.6 Å². The van der Waals surface area contributed by atoms with Crippen LogP contribution in [0.25, 0.3) is 10.9 Å². The molecule has 0 saturated heterocycles. The predicted octanol–water partition coefficient (Wildman–Crippen LogP) is 4.91. The molecule has 2 aromatic rings. The van der Waals surface area contributed by atoms with Crippen LogP contribution >= 0.6 is 22.6 Å². The fourth-order valence-electron chi connectivity index (χ4n) is 2.44. The van der Waals surface area contributed by atoms with Gasteiger partial charge in [-0.05, 0) is 70.2 Å². The summed E-state index contributed by atoms with van der Waals surface area (Å²) in [5.74, 6) is -0.750. The molecular formula is C21H28FIN2O7. The molecule has 1 heterocycles. The Morgan fingerprint density at radius 2 is 1.72 bits per heavy atom. The Labute approximate surface area is 199 Å². The lowest BCUT2D eigenvalue weighted by molar-refractivity contribution is -0.0407. The zero-order chi connectivity index (χ0) is 24.3. The van der Waals surface area contributed by atoms with Crippen molar-refractivity contribution in [2.75, 3.05) is 20.3 Å². The van der Waals surface area contributed by atoms with Crippen LogP contribution in [-0.2, 0) is 18.9 Å². The summed E-state index contributed by atoms with van der Waals surface area (Å²) in [5, 5.41) is 4.60. The van der Waals surface area contributed by atoms with E-state index in [1.54, 1.807) is 41.5 Å². The quantitative estimate of drug-likeness (QED) is 0.360. The van der Waals surface area contributed by atoms with E-state index in [4.69, 9.17) is 23.7 Å². The summed E-state index contributed by atoms with van der Waals surface area (Å²) in [6, 6.07) is 2.60. The van der Waals surface area contributed by atoms with Crippen LogP contribution in [0.15, 0.2) is 12.1 Å². The molecule has 1 aromatic carbocycles.